The van der Waals surface area contributed by atoms with Gasteiger partial charge in [-0.3, -0.25) is 0 Å². The fourth-order valence-electron chi connectivity index (χ4n) is 4.35. The Bertz CT molecular complexity index is 1190. The molecular formula is C28H32N2O4. The zero-order valence-corrected chi connectivity index (χ0v) is 20.0. The molecule has 1 saturated heterocycles. The average molecular weight is 461 g/mol. The molecule has 1 atom stereocenters. The Morgan fingerprint density at radius 1 is 1.12 bits per heavy atom. The molecule has 0 bridgehead atoms. The van der Waals surface area contributed by atoms with Crippen LogP contribution in [0.1, 0.15) is 43.4 Å². The highest BCUT2D eigenvalue weighted by Crippen LogP contribution is 2.23. The molecule has 6 heteroatoms. The van der Waals surface area contributed by atoms with Gasteiger partial charge < -0.3 is 20.1 Å². The van der Waals surface area contributed by atoms with Crippen LogP contribution in [0, 0.1) is 6.92 Å². The largest absolute Gasteiger partial charge is 0.478 e. The lowest BCUT2D eigenvalue weighted by Crippen LogP contribution is -2.37. The lowest BCUT2D eigenvalue weighted by Gasteiger charge is -2.21. The number of hydrogen-bond donors (Lipinski definition) is 2. The number of carboxylic acids is 1. The second-order valence-electron chi connectivity index (χ2n) is 9.61. The lowest BCUT2D eigenvalue weighted by atomic mass is 10.0. The van der Waals surface area contributed by atoms with E-state index in [-0.39, 0.29) is 12.1 Å². The predicted molar refractivity (Wildman–Crippen MR) is 133 cm³/mol. The van der Waals surface area contributed by atoms with Gasteiger partial charge in [0.15, 0.2) is 5.60 Å². The van der Waals surface area contributed by atoms with Crippen molar-refractivity contribution in [2.75, 3.05) is 6.54 Å². The molecule has 6 nitrogen and oxygen atoms in total. The Labute approximate surface area is 200 Å². The molecule has 1 heterocycles. The average Bonchev–Trinajstić information content (AvgIpc) is 3.14. The van der Waals surface area contributed by atoms with Crippen LogP contribution in [-0.4, -0.2) is 40.2 Å². The van der Waals surface area contributed by atoms with Crippen molar-refractivity contribution >= 4 is 22.8 Å². The van der Waals surface area contributed by atoms with Gasteiger partial charge in [0, 0.05) is 19.1 Å². The highest BCUT2D eigenvalue weighted by Gasteiger charge is 2.30. The van der Waals surface area contributed by atoms with E-state index in [1.54, 1.807) is 0 Å². The number of hydrogen-bond acceptors (Lipinski definition) is 3. The number of amides is 2. The third-order valence-electron chi connectivity index (χ3n) is 6.45. The van der Waals surface area contributed by atoms with Crippen molar-refractivity contribution in [3.05, 3.63) is 77.4 Å². The minimum absolute atomic E-state index is 0.0000976. The standard InChI is InChI=1S/C28H32N2O4/c1-19-15-21-8-4-5-9-22(21)16-23(19)17-30-18-24(29-27(30)33)10-6-7-20-11-13-25(14-12-20)34-28(2,3)26(31)32/h4-5,8-9,11-16,24H,6-7,10,17-18H2,1-3H3,(H,29,33)(H,31,32). The number of benzene rings is 3. The van der Waals surface area contributed by atoms with E-state index < -0.39 is 11.6 Å². The smallest absolute Gasteiger partial charge is 0.347 e. The Morgan fingerprint density at radius 2 is 1.79 bits per heavy atom. The van der Waals surface area contributed by atoms with Gasteiger partial charge in [-0.05, 0) is 85.7 Å². The van der Waals surface area contributed by atoms with Crippen LogP contribution in [0.3, 0.4) is 0 Å². The monoisotopic (exact) mass is 460 g/mol. The first-order valence-corrected chi connectivity index (χ1v) is 11.8. The quantitative estimate of drug-likeness (QED) is 0.454. The van der Waals surface area contributed by atoms with E-state index in [2.05, 4.69) is 36.5 Å². The minimum Gasteiger partial charge on any atom is -0.478 e. The van der Waals surface area contributed by atoms with Crippen LogP contribution < -0.4 is 10.1 Å². The fraction of sp³-hybridized carbons (Fsp3) is 0.357. The van der Waals surface area contributed by atoms with Crippen molar-refractivity contribution in [3.8, 4) is 5.75 Å². The molecular weight excluding hydrogens is 428 g/mol. The number of rotatable bonds is 9. The van der Waals surface area contributed by atoms with E-state index in [9.17, 15) is 14.7 Å². The van der Waals surface area contributed by atoms with Crippen molar-refractivity contribution in [3.63, 3.8) is 0 Å². The number of carbonyl (C=O) groups excluding carboxylic acids is 1. The number of fused-ring (bicyclic) bond motifs is 1. The van der Waals surface area contributed by atoms with E-state index in [0.717, 1.165) is 24.8 Å². The molecule has 1 fully saturated rings. The highest BCUT2D eigenvalue weighted by molar-refractivity contribution is 5.84. The van der Waals surface area contributed by atoms with E-state index in [4.69, 9.17) is 4.74 Å². The summed E-state index contributed by atoms with van der Waals surface area (Å²) in [6.07, 6.45) is 2.75. The zero-order chi connectivity index (χ0) is 24.3. The van der Waals surface area contributed by atoms with Crippen molar-refractivity contribution in [2.24, 2.45) is 0 Å². The van der Waals surface area contributed by atoms with Crippen molar-refractivity contribution < 1.29 is 19.4 Å². The number of aryl methyl sites for hydroxylation is 2. The number of carboxylic acid groups (broad SMARTS) is 1. The van der Waals surface area contributed by atoms with Crippen LogP contribution in [0.15, 0.2) is 60.7 Å². The number of nitrogens with one attached hydrogen (secondary N) is 1. The molecule has 0 spiro atoms. The summed E-state index contributed by atoms with van der Waals surface area (Å²) in [7, 11) is 0. The number of nitrogens with zero attached hydrogens (tertiary/aromatic N) is 1. The second-order valence-corrected chi connectivity index (χ2v) is 9.61. The van der Waals surface area contributed by atoms with Crippen LogP contribution in [-0.2, 0) is 17.8 Å². The zero-order valence-electron chi connectivity index (χ0n) is 20.0. The molecule has 1 unspecified atom stereocenters. The van der Waals surface area contributed by atoms with E-state index in [1.165, 1.54) is 35.7 Å². The second kappa shape index (κ2) is 9.75. The molecule has 4 rings (SSSR count). The Balaban J connectivity index is 1.27. The van der Waals surface area contributed by atoms with Gasteiger partial charge in [-0.25, -0.2) is 9.59 Å². The van der Waals surface area contributed by atoms with Gasteiger partial charge in [-0.15, -0.1) is 0 Å². The van der Waals surface area contributed by atoms with Gasteiger partial charge in [0.1, 0.15) is 5.75 Å². The maximum absolute atomic E-state index is 12.6. The molecule has 0 radical (unpaired) electrons. The number of ether oxygens (including phenoxy) is 1. The molecule has 0 saturated carbocycles. The third kappa shape index (κ3) is 5.50. The molecule has 2 N–H and O–H groups in total. The fourth-order valence-corrected chi connectivity index (χ4v) is 4.35. The molecule has 0 aromatic heterocycles. The summed E-state index contributed by atoms with van der Waals surface area (Å²) in [6, 6.07) is 20.4. The summed E-state index contributed by atoms with van der Waals surface area (Å²) in [5.41, 5.74) is 2.28. The molecule has 1 aliphatic rings. The molecule has 34 heavy (non-hydrogen) atoms. The number of aliphatic carboxylic acids is 1. The number of carbonyl (C=O) groups is 2. The number of urea groups is 1. The van der Waals surface area contributed by atoms with Crippen LogP contribution in [0.25, 0.3) is 10.8 Å². The molecule has 3 aromatic rings. The predicted octanol–water partition coefficient (Wildman–Crippen LogP) is 5.31. The molecule has 0 aliphatic carbocycles. The first kappa shape index (κ1) is 23.6. The molecule has 2 amide bonds. The van der Waals surface area contributed by atoms with E-state index >= 15 is 0 Å². The highest BCUT2D eigenvalue weighted by atomic mass is 16.5. The van der Waals surface area contributed by atoms with E-state index in [1.807, 2.05) is 41.3 Å². The van der Waals surface area contributed by atoms with Crippen molar-refractivity contribution in [1.29, 1.82) is 0 Å². The molecule has 3 aromatic carbocycles. The molecule has 1 aliphatic heterocycles. The summed E-state index contributed by atoms with van der Waals surface area (Å²) in [5.74, 6) is -0.459. The van der Waals surface area contributed by atoms with Crippen molar-refractivity contribution in [2.45, 2.75) is 58.2 Å². The topological polar surface area (TPSA) is 78.9 Å². The van der Waals surface area contributed by atoms with Gasteiger partial charge in [0.2, 0.25) is 0 Å². The van der Waals surface area contributed by atoms with Gasteiger partial charge >= 0.3 is 12.0 Å². The minimum atomic E-state index is -1.26. The summed E-state index contributed by atoms with van der Waals surface area (Å²) >= 11 is 0. The maximum atomic E-state index is 12.6. The SMILES string of the molecule is Cc1cc2ccccc2cc1CN1CC(CCCc2ccc(OC(C)(C)C(=O)O)cc2)NC1=O. The first-order chi connectivity index (χ1) is 16.2. The Hall–Kier alpha value is -3.54. The van der Waals surface area contributed by atoms with Gasteiger partial charge in [-0.2, -0.15) is 0 Å². The van der Waals surface area contributed by atoms with Crippen LogP contribution >= 0.6 is 0 Å². The lowest BCUT2D eigenvalue weighted by molar-refractivity contribution is -0.152. The summed E-state index contributed by atoms with van der Waals surface area (Å²) in [5, 5.41) is 14.7. The summed E-state index contributed by atoms with van der Waals surface area (Å²) in [4.78, 5) is 25.7. The van der Waals surface area contributed by atoms with Gasteiger partial charge in [-0.1, -0.05) is 42.5 Å². The van der Waals surface area contributed by atoms with Crippen LogP contribution in [0.2, 0.25) is 0 Å². The van der Waals surface area contributed by atoms with Gasteiger partial charge in [0.05, 0.1) is 0 Å². The Morgan fingerprint density at radius 3 is 2.47 bits per heavy atom. The maximum Gasteiger partial charge on any atom is 0.347 e. The normalized spacial score (nSPS) is 16.0. The first-order valence-electron chi connectivity index (χ1n) is 11.8. The third-order valence-corrected chi connectivity index (χ3v) is 6.45. The molecule has 178 valence electrons. The van der Waals surface area contributed by atoms with Crippen LogP contribution in [0.4, 0.5) is 4.79 Å². The Kier molecular flexibility index (Phi) is 6.77. The van der Waals surface area contributed by atoms with Crippen LogP contribution in [0.5, 0.6) is 5.75 Å². The van der Waals surface area contributed by atoms with Gasteiger partial charge in [0.25, 0.3) is 0 Å². The summed E-state index contributed by atoms with van der Waals surface area (Å²) in [6.45, 7) is 6.50. The van der Waals surface area contributed by atoms with E-state index in [0.29, 0.717) is 18.8 Å². The van der Waals surface area contributed by atoms with Crippen molar-refractivity contribution in [1.82, 2.24) is 10.2 Å². The summed E-state index contributed by atoms with van der Waals surface area (Å²) < 4.78 is 5.56.